The molecule has 0 aliphatic carbocycles. The molecule has 0 radical (unpaired) electrons. The standard InChI is InChI=1S/C13H19NO3/c1-4-16-10-14(13(15)17-11(2)3)12-8-6-5-7-9-12/h5-9,11H,4,10H2,1-3H3. The van der Waals surface area contributed by atoms with Crippen molar-refractivity contribution in [1.82, 2.24) is 0 Å². The van der Waals surface area contributed by atoms with Crippen molar-refractivity contribution in [2.45, 2.75) is 26.9 Å². The predicted octanol–water partition coefficient (Wildman–Crippen LogP) is 3.03. The fourth-order valence-corrected chi connectivity index (χ4v) is 1.29. The van der Waals surface area contributed by atoms with E-state index in [-0.39, 0.29) is 18.9 Å². The predicted molar refractivity (Wildman–Crippen MR) is 67.0 cm³/mol. The molecule has 0 heterocycles. The summed E-state index contributed by atoms with van der Waals surface area (Å²) < 4.78 is 10.4. The van der Waals surface area contributed by atoms with Gasteiger partial charge in [-0.25, -0.2) is 4.79 Å². The summed E-state index contributed by atoms with van der Waals surface area (Å²) in [5.74, 6) is 0. The summed E-state index contributed by atoms with van der Waals surface area (Å²) in [5, 5.41) is 0. The van der Waals surface area contributed by atoms with Crippen LogP contribution < -0.4 is 4.90 Å². The number of hydrogen-bond acceptors (Lipinski definition) is 3. The molecular weight excluding hydrogens is 218 g/mol. The summed E-state index contributed by atoms with van der Waals surface area (Å²) in [4.78, 5) is 13.4. The van der Waals surface area contributed by atoms with Gasteiger partial charge in [0.1, 0.15) is 6.73 Å². The number of carbonyl (C=O) groups is 1. The van der Waals surface area contributed by atoms with Crippen molar-refractivity contribution >= 4 is 11.8 Å². The van der Waals surface area contributed by atoms with Crippen molar-refractivity contribution in [3.63, 3.8) is 0 Å². The quantitative estimate of drug-likeness (QED) is 0.739. The highest BCUT2D eigenvalue weighted by Gasteiger charge is 2.17. The fourth-order valence-electron chi connectivity index (χ4n) is 1.29. The molecule has 17 heavy (non-hydrogen) atoms. The molecule has 0 unspecified atom stereocenters. The number of rotatable bonds is 5. The Hall–Kier alpha value is -1.55. The summed E-state index contributed by atoms with van der Waals surface area (Å²) in [5.41, 5.74) is 0.770. The first-order valence-corrected chi connectivity index (χ1v) is 5.76. The Morgan fingerprint density at radius 3 is 2.47 bits per heavy atom. The maximum absolute atomic E-state index is 11.9. The lowest BCUT2D eigenvalue weighted by Gasteiger charge is -2.22. The van der Waals surface area contributed by atoms with Gasteiger partial charge in [-0.05, 0) is 32.9 Å². The molecule has 4 nitrogen and oxygen atoms in total. The molecule has 0 bridgehead atoms. The third-order valence-corrected chi connectivity index (χ3v) is 2.05. The van der Waals surface area contributed by atoms with Crippen LogP contribution in [0.4, 0.5) is 10.5 Å². The van der Waals surface area contributed by atoms with Crippen LogP contribution in [0.3, 0.4) is 0 Å². The van der Waals surface area contributed by atoms with Gasteiger partial charge in [0.05, 0.1) is 6.10 Å². The topological polar surface area (TPSA) is 38.8 Å². The monoisotopic (exact) mass is 237 g/mol. The number of nitrogens with zero attached hydrogens (tertiary/aromatic N) is 1. The van der Waals surface area contributed by atoms with E-state index in [1.807, 2.05) is 51.1 Å². The van der Waals surface area contributed by atoms with Crippen LogP contribution in [0.25, 0.3) is 0 Å². The minimum Gasteiger partial charge on any atom is -0.446 e. The Morgan fingerprint density at radius 1 is 1.29 bits per heavy atom. The van der Waals surface area contributed by atoms with Crippen LogP contribution in [-0.4, -0.2) is 25.5 Å². The number of ether oxygens (including phenoxy) is 2. The molecule has 0 saturated carbocycles. The average molecular weight is 237 g/mol. The van der Waals surface area contributed by atoms with Crippen molar-refractivity contribution in [2.24, 2.45) is 0 Å². The van der Waals surface area contributed by atoms with Crippen LogP contribution in [0.15, 0.2) is 30.3 Å². The Bertz CT molecular complexity index is 338. The Balaban J connectivity index is 2.76. The summed E-state index contributed by atoms with van der Waals surface area (Å²) in [6.07, 6.45) is -0.532. The lowest BCUT2D eigenvalue weighted by atomic mass is 10.3. The number of anilines is 1. The maximum atomic E-state index is 11.9. The molecule has 0 saturated heterocycles. The zero-order chi connectivity index (χ0) is 12.7. The summed E-state index contributed by atoms with van der Waals surface area (Å²) in [6.45, 7) is 6.28. The minimum absolute atomic E-state index is 0.143. The van der Waals surface area contributed by atoms with Gasteiger partial charge in [-0.1, -0.05) is 18.2 Å². The highest BCUT2D eigenvalue weighted by Crippen LogP contribution is 2.15. The van der Waals surface area contributed by atoms with E-state index < -0.39 is 0 Å². The van der Waals surface area contributed by atoms with Gasteiger partial charge in [0.2, 0.25) is 0 Å². The fraction of sp³-hybridized carbons (Fsp3) is 0.462. The number of hydrogen-bond donors (Lipinski definition) is 0. The van der Waals surface area contributed by atoms with Gasteiger partial charge < -0.3 is 9.47 Å². The molecule has 0 aliphatic heterocycles. The number of carbonyl (C=O) groups excluding carboxylic acids is 1. The minimum atomic E-state index is -0.389. The average Bonchev–Trinajstić information content (AvgIpc) is 2.30. The van der Waals surface area contributed by atoms with Crippen molar-refractivity contribution in [2.75, 3.05) is 18.2 Å². The van der Waals surface area contributed by atoms with Crippen LogP contribution in [-0.2, 0) is 9.47 Å². The van der Waals surface area contributed by atoms with Crippen molar-refractivity contribution in [3.8, 4) is 0 Å². The molecule has 0 atom stereocenters. The molecule has 4 heteroatoms. The SMILES string of the molecule is CCOCN(C(=O)OC(C)C)c1ccccc1. The summed E-state index contributed by atoms with van der Waals surface area (Å²) in [6, 6.07) is 9.34. The molecule has 0 spiro atoms. The van der Waals surface area contributed by atoms with E-state index in [1.54, 1.807) is 0 Å². The lowest BCUT2D eigenvalue weighted by molar-refractivity contribution is 0.101. The molecule has 94 valence electrons. The first kappa shape index (κ1) is 13.5. The van der Waals surface area contributed by atoms with Crippen molar-refractivity contribution in [1.29, 1.82) is 0 Å². The Morgan fingerprint density at radius 2 is 1.94 bits per heavy atom. The Labute approximate surface area is 102 Å². The maximum Gasteiger partial charge on any atom is 0.416 e. The van der Waals surface area contributed by atoms with Crippen LogP contribution in [0.2, 0.25) is 0 Å². The van der Waals surface area contributed by atoms with Crippen LogP contribution in [0, 0.1) is 0 Å². The first-order valence-electron chi connectivity index (χ1n) is 5.76. The smallest absolute Gasteiger partial charge is 0.416 e. The van der Waals surface area contributed by atoms with E-state index in [9.17, 15) is 4.79 Å². The van der Waals surface area contributed by atoms with Gasteiger partial charge in [-0.3, -0.25) is 4.90 Å². The molecule has 0 aromatic heterocycles. The summed E-state index contributed by atoms with van der Waals surface area (Å²) >= 11 is 0. The van der Waals surface area contributed by atoms with E-state index in [4.69, 9.17) is 9.47 Å². The largest absolute Gasteiger partial charge is 0.446 e. The third-order valence-electron chi connectivity index (χ3n) is 2.05. The van der Waals surface area contributed by atoms with Crippen molar-refractivity contribution in [3.05, 3.63) is 30.3 Å². The van der Waals surface area contributed by atoms with E-state index in [0.29, 0.717) is 6.61 Å². The van der Waals surface area contributed by atoms with E-state index >= 15 is 0 Å². The zero-order valence-electron chi connectivity index (χ0n) is 10.6. The van der Waals surface area contributed by atoms with E-state index in [0.717, 1.165) is 5.69 Å². The molecule has 1 aromatic carbocycles. The number of amides is 1. The molecule has 0 aliphatic rings. The molecule has 0 N–H and O–H groups in total. The van der Waals surface area contributed by atoms with E-state index in [1.165, 1.54) is 4.90 Å². The number of para-hydroxylation sites is 1. The van der Waals surface area contributed by atoms with Gasteiger partial charge in [-0.15, -0.1) is 0 Å². The third kappa shape index (κ3) is 4.44. The molecule has 0 fully saturated rings. The van der Waals surface area contributed by atoms with Gasteiger partial charge in [0.25, 0.3) is 0 Å². The van der Waals surface area contributed by atoms with Crippen molar-refractivity contribution < 1.29 is 14.3 Å². The highest BCUT2D eigenvalue weighted by molar-refractivity contribution is 5.87. The second-order valence-corrected chi connectivity index (χ2v) is 3.82. The van der Waals surface area contributed by atoms with Crippen LogP contribution in [0.1, 0.15) is 20.8 Å². The van der Waals surface area contributed by atoms with Gasteiger partial charge >= 0.3 is 6.09 Å². The normalized spacial score (nSPS) is 10.4. The second-order valence-electron chi connectivity index (χ2n) is 3.82. The highest BCUT2D eigenvalue weighted by atomic mass is 16.6. The second kappa shape index (κ2) is 6.91. The number of benzene rings is 1. The van der Waals surface area contributed by atoms with E-state index in [2.05, 4.69) is 0 Å². The molecule has 1 rings (SSSR count). The Kier molecular flexibility index (Phi) is 5.49. The first-order chi connectivity index (χ1) is 8.15. The summed E-state index contributed by atoms with van der Waals surface area (Å²) in [7, 11) is 0. The van der Waals surface area contributed by atoms with Gasteiger partial charge in [-0.2, -0.15) is 0 Å². The molecular formula is C13H19NO3. The van der Waals surface area contributed by atoms with Gasteiger partial charge in [0, 0.05) is 12.3 Å². The van der Waals surface area contributed by atoms with Crippen LogP contribution in [0.5, 0.6) is 0 Å². The lowest BCUT2D eigenvalue weighted by Crippen LogP contribution is -2.35. The molecule has 1 amide bonds. The van der Waals surface area contributed by atoms with Gasteiger partial charge in [0.15, 0.2) is 0 Å². The molecule has 1 aromatic rings. The zero-order valence-corrected chi connectivity index (χ0v) is 10.6. The van der Waals surface area contributed by atoms with Crippen LogP contribution >= 0.6 is 0 Å².